The number of imidazole rings is 1. The number of carbonyl (C=O) groups is 1. The van der Waals surface area contributed by atoms with E-state index in [0.717, 1.165) is 33.2 Å². The van der Waals surface area contributed by atoms with Crippen molar-refractivity contribution in [2.45, 2.75) is 61.2 Å². The van der Waals surface area contributed by atoms with Gasteiger partial charge in [-0.1, -0.05) is 17.7 Å². The Labute approximate surface area is 229 Å². The Bertz CT molecular complexity index is 1470. The maximum Gasteiger partial charge on any atom is 0.453 e. The molecule has 0 atom stereocenters. The smallest absolute Gasteiger partial charge is 0.453 e. The van der Waals surface area contributed by atoms with Gasteiger partial charge in [0.1, 0.15) is 10.6 Å². The van der Waals surface area contributed by atoms with Gasteiger partial charge in [0.25, 0.3) is 10.0 Å². The van der Waals surface area contributed by atoms with E-state index in [0.29, 0.717) is 0 Å². The van der Waals surface area contributed by atoms with Gasteiger partial charge >= 0.3 is 23.8 Å². The molecule has 0 fully saturated rings. The molecule has 1 N–H and O–H groups in total. The number of nitrogens with one attached hydrogen (secondary N) is 1. The van der Waals surface area contributed by atoms with Crippen LogP contribution in [0.15, 0.2) is 38.2 Å². The second-order valence-corrected chi connectivity index (χ2v) is 12.4. The number of thioether (sulfide) groups is 1. The highest BCUT2D eigenvalue weighted by Gasteiger charge is 2.56. The molecule has 0 aromatic heterocycles. The predicted octanol–water partition coefficient (Wildman–Crippen LogP) is 5.79. The molecular formula is C23H24F5N3O5S3. The van der Waals surface area contributed by atoms with Crippen molar-refractivity contribution >= 4 is 44.9 Å². The summed E-state index contributed by atoms with van der Waals surface area (Å²) in [5, 5.41) is 0. The number of unbranched alkanes of at least 4 members (excludes halogenated alkanes) is 1. The van der Waals surface area contributed by atoms with Crippen molar-refractivity contribution in [3.63, 3.8) is 0 Å². The maximum atomic E-state index is 13.2. The molecule has 0 unspecified atom stereocenters. The average Bonchev–Trinajstić information content (AvgIpc) is 3.15. The van der Waals surface area contributed by atoms with E-state index >= 15 is 0 Å². The molecule has 1 aromatic rings. The van der Waals surface area contributed by atoms with Crippen molar-refractivity contribution in [2.24, 2.45) is 0 Å². The van der Waals surface area contributed by atoms with Crippen LogP contribution in [0.1, 0.15) is 47.1 Å². The average molecular weight is 614 g/mol. The molecule has 2 aliphatic heterocycles. The molecule has 0 amide bonds. The van der Waals surface area contributed by atoms with Crippen LogP contribution < -0.4 is 10.4 Å². The minimum absolute atomic E-state index is 0.0249. The van der Waals surface area contributed by atoms with Gasteiger partial charge in [-0.2, -0.15) is 26.9 Å². The summed E-state index contributed by atoms with van der Waals surface area (Å²) in [6.45, 7) is 4.84. The van der Waals surface area contributed by atoms with E-state index in [4.69, 9.17) is 4.74 Å². The van der Waals surface area contributed by atoms with Gasteiger partial charge in [0.05, 0.1) is 15.7 Å². The zero-order valence-electron chi connectivity index (χ0n) is 20.9. The van der Waals surface area contributed by atoms with E-state index in [2.05, 4.69) is 9.71 Å². The number of esters is 1. The highest BCUT2D eigenvalue weighted by atomic mass is 32.2. The van der Waals surface area contributed by atoms with Crippen LogP contribution in [-0.2, 0) is 14.8 Å². The second-order valence-electron chi connectivity index (χ2n) is 8.38. The van der Waals surface area contributed by atoms with Crippen LogP contribution >= 0.6 is 23.1 Å². The lowest BCUT2D eigenvalue weighted by molar-refractivity contribution is -0.284. The normalized spacial score (nSPS) is 12.6. The highest BCUT2D eigenvalue weighted by molar-refractivity contribution is 8.01. The van der Waals surface area contributed by atoms with Gasteiger partial charge < -0.3 is 4.74 Å². The number of carbonyl (C=O) groups excluding carboxylic acids is 1. The topological polar surface area (TPSA) is 107 Å². The van der Waals surface area contributed by atoms with E-state index < -0.39 is 46.6 Å². The number of halogens is 5. The first-order valence-corrected chi connectivity index (χ1v) is 14.8. The standard InChI is InChI=1S/C23H24F5N3O5S3/c1-4-36-19(32)17-14(3)31-16(20(38-17)37-12-6-5-11-22(24,25)23(26,27)28)18(29-21(31)33)30-39(34,35)15-9-7-13(2)8-10-15/h7-10H,4-6,11-12H2,1-3H3,(H,29,30,33). The first-order chi connectivity index (χ1) is 18.1. The highest BCUT2D eigenvalue weighted by Crippen LogP contribution is 2.41. The number of benzene rings is 1. The van der Waals surface area contributed by atoms with Crippen molar-refractivity contribution in [2.75, 3.05) is 17.1 Å². The van der Waals surface area contributed by atoms with Crippen LogP contribution in [0.3, 0.4) is 0 Å². The van der Waals surface area contributed by atoms with Gasteiger partial charge in [-0.25, -0.2) is 18.0 Å². The van der Waals surface area contributed by atoms with Crippen LogP contribution in [0.5, 0.6) is 0 Å². The van der Waals surface area contributed by atoms with Crippen molar-refractivity contribution < 1.29 is 39.9 Å². The molecule has 2 aliphatic rings. The number of aryl methyl sites for hydroxylation is 1. The molecule has 3 rings (SSSR count). The molecule has 214 valence electrons. The lowest BCUT2D eigenvalue weighted by Crippen LogP contribution is -2.36. The summed E-state index contributed by atoms with van der Waals surface area (Å²) in [5.74, 6) is -5.85. The number of nitrogens with zero attached hydrogens (tertiary/aromatic N) is 2. The van der Waals surface area contributed by atoms with Crippen LogP contribution in [0, 0.1) is 13.8 Å². The quantitative estimate of drug-likeness (QED) is 0.126. The van der Waals surface area contributed by atoms with Crippen LogP contribution in [0.4, 0.5) is 27.8 Å². The molecule has 8 nitrogen and oxygen atoms in total. The number of fused-ring (bicyclic) bond motifs is 1. The Morgan fingerprint density at radius 1 is 1.13 bits per heavy atom. The summed E-state index contributed by atoms with van der Waals surface area (Å²) in [4.78, 5) is 29.1. The Balaban J connectivity index is 1.97. The summed E-state index contributed by atoms with van der Waals surface area (Å²) in [5.41, 5.74) is 0.103. The van der Waals surface area contributed by atoms with E-state index in [1.807, 2.05) is 0 Å². The van der Waals surface area contributed by atoms with Gasteiger partial charge in [0.15, 0.2) is 5.82 Å². The first-order valence-electron chi connectivity index (χ1n) is 11.5. The number of aromatic nitrogens is 2. The lowest BCUT2D eigenvalue weighted by atomic mass is 10.1. The fourth-order valence-electron chi connectivity index (χ4n) is 3.43. The van der Waals surface area contributed by atoms with Crippen molar-refractivity contribution in [3.05, 3.63) is 50.9 Å². The molecular weight excluding hydrogens is 589 g/mol. The molecule has 0 saturated carbocycles. The molecule has 0 aliphatic carbocycles. The molecule has 0 bridgehead atoms. The zero-order valence-corrected chi connectivity index (χ0v) is 23.3. The van der Waals surface area contributed by atoms with E-state index in [-0.39, 0.29) is 50.0 Å². The van der Waals surface area contributed by atoms with Gasteiger partial charge in [-0.3, -0.25) is 9.29 Å². The second kappa shape index (κ2) is 11.8. The number of ether oxygens (including phenoxy) is 1. The van der Waals surface area contributed by atoms with Crippen LogP contribution in [-0.4, -0.2) is 48.4 Å². The minimum atomic E-state index is -5.65. The number of hydrogen-bond acceptors (Lipinski definition) is 8. The summed E-state index contributed by atoms with van der Waals surface area (Å²) in [6.07, 6.45) is -7.54. The molecule has 1 aromatic carbocycles. The Morgan fingerprint density at radius 3 is 2.36 bits per heavy atom. The van der Waals surface area contributed by atoms with Crippen LogP contribution in [0.2, 0.25) is 0 Å². The fourth-order valence-corrected chi connectivity index (χ4v) is 6.88. The van der Waals surface area contributed by atoms with E-state index in [9.17, 15) is 40.0 Å². The summed E-state index contributed by atoms with van der Waals surface area (Å²) in [6, 6.07) is 5.90. The summed E-state index contributed by atoms with van der Waals surface area (Å²) in [7, 11) is -4.18. The van der Waals surface area contributed by atoms with Gasteiger partial charge in [0, 0.05) is 12.1 Å². The monoisotopic (exact) mass is 613 g/mol. The zero-order chi connectivity index (χ0) is 29.2. The first kappa shape index (κ1) is 30.8. The van der Waals surface area contributed by atoms with E-state index in [1.165, 1.54) is 19.1 Å². The third-order valence-corrected chi connectivity index (χ3v) is 9.41. The third-order valence-electron chi connectivity index (χ3n) is 5.45. The Morgan fingerprint density at radius 2 is 1.77 bits per heavy atom. The molecule has 39 heavy (non-hydrogen) atoms. The number of sulfonamides is 1. The molecule has 2 heterocycles. The Kier molecular flexibility index (Phi) is 9.32. The maximum absolute atomic E-state index is 13.2. The summed E-state index contributed by atoms with van der Waals surface area (Å²) >= 11 is 1.84. The van der Waals surface area contributed by atoms with Crippen molar-refractivity contribution in [3.8, 4) is 5.69 Å². The van der Waals surface area contributed by atoms with E-state index in [1.54, 1.807) is 26.0 Å². The van der Waals surface area contributed by atoms with Crippen molar-refractivity contribution in [1.29, 1.82) is 0 Å². The van der Waals surface area contributed by atoms with Gasteiger partial charge in [-0.05, 0) is 51.5 Å². The van der Waals surface area contributed by atoms with Crippen LogP contribution in [0.25, 0.3) is 5.69 Å². The molecule has 0 saturated heterocycles. The predicted molar refractivity (Wildman–Crippen MR) is 137 cm³/mol. The molecule has 0 spiro atoms. The van der Waals surface area contributed by atoms with Gasteiger partial charge in [0.2, 0.25) is 0 Å². The third kappa shape index (κ3) is 6.90. The minimum Gasteiger partial charge on any atom is -0.462 e. The number of rotatable bonds is 11. The van der Waals surface area contributed by atoms with Crippen molar-refractivity contribution in [1.82, 2.24) is 9.55 Å². The number of hydrogen-bond donors (Lipinski definition) is 1. The number of alkyl halides is 5. The number of anilines is 1. The molecule has 16 heteroatoms. The largest absolute Gasteiger partial charge is 0.462 e. The van der Waals surface area contributed by atoms with Gasteiger partial charge in [-0.15, -0.1) is 23.1 Å². The Hall–Kier alpha value is -2.72. The SMILES string of the molecule is CCOC(=O)c1sc(SCCCCC(F)(F)C(F)(F)F)c2c(NS(=O)(=O)c3ccc(C)cc3)nc(=O)n-2c1C. The molecule has 0 radical (unpaired) electrons. The lowest BCUT2D eigenvalue weighted by Gasteiger charge is -2.19. The summed E-state index contributed by atoms with van der Waals surface area (Å²) < 4.78 is 98.3. The fraction of sp³-hybridized carbons (Fsp3) is 0.435.